The van der Waals surface area contributed by atoms with E-state index < -0.39 is 0 Å². The zero-order chi connectivity index (χ0) is 11.0. The molecule has 2 atom stereocenters. The van der Waals surface area contributed by atoms with Gasteiger partial charge in [-0.1, -0.05) is 0 Å². The van der Waals surface area contributed by atoms with E-state index in [0.717, 1.165) is 24.6 Å². The Morgan fingerprint density at radius 2 is 2.25 bits per heavy atom. The summed E-state index contributed by atoms with van der Waals surface area (Å²) in [5, 5.41) is 3.49. The number of nitrogens with two attached hydrogens (primary N) is 1. The Hall–Kier alpha value is -1.29. The quantitative estimate of drug-likeness (QED) is 0.811. The molecule has 86 valence electrons. The number of nitrogen functional groups attached to an aromatic ring is 1. The molecule has 1 aliphatic heterocycles. The third-order valence-corrected chi connectivity index (χ3v) is 3.42. The lowest BCUT2D eigenvalue weighted by atomic mass is 10.1. The average molecular weight is 219 g/mol. The number of nitrogens with zero attached hydrogens (tertiary/aromatic N) is 1. The van der Waals surface area contributed by atoms with Crippen LogP contribution in [-0.4, -0.2) is 23.7 Å². The molecule has 0 spiro atoms. The molecule has 1 aromatic heterocycles. The fourth-order valence-corrected chi connectivity index (χ4v) is 2.39. The lowest BCUT2D eigenvalue weighted by molar-refractivity contribution is 0.0898. The second-order valence-electron chi connectivity index (χ2n) is 4.68. The maximum absolute atomic E-state index is 5.87. The number of nitrogens with one attached hydrogen (secondary N) is 1. The summed E-state index contributed by atoms with van der Waals surface area (Å²) in [5.41, 5.74) is 7.56. The van der Waals surface area contributed by atoms with Gasteiger partial charge >= 0.3 is 0 Å². The van der Waals surface area contributed by atoms with Crippen LogP contribution in [-0.2, 0) is 4.74 Å². The predicted octanol–water partition coefficient (Wildman–Crippen LogP) is 1.64. The molecule has 1 saturated heterocycles. The van der Waals surface area contributed by atoms with Crippen molar-refractivity contribution in [1.29, 1.82) is 0 Å². The van der Waals surface area contributed by atoms with Crippen LogP contribution in [0.3, 0.4) is 0 Å². The van der Waals surface area contributed by atoms with Gasteiger partial charge in [0.25, 0.3) is 0 Å². The molecule has 0 amide bonds. The Bertz CT molecular complexity index is 378. The molecule has 2 heterocycles. The van der Waals surface area contributed by atoms with Gasteiger partial charge in [-0.05, 0) is 31.2 Å². The van der Waals surface area contributed by atoms with Crippen molar-refractivity contribution in [2.24, 2.45) is 5.92 Å². The minimum absolute atomic E-state index is 0.382. The van der Waals surface area contributed by atoms with Crippen LogP contribution in [0.25, 0.3) is 0 Å². The molecule has 2 aliphatic rings. The predicted molar refractivity (Wildman–Crippen MR) is 63.1 cm³/mol. The third kappa shape index (κ3) is 1.85. The first kappa shape index (κ1) is 9.90. The lowest BCUT2D eigenvalue weighted by Gasteiger charge is -2.21. The van der Waals surface area contributed by atoms with Gasteiger partial charge in [0.15, 0.2) is 0 Å². The fraction of sp³-hybridized carbons (Fsp3) is 0.583. The van der Waals surface area contributed by atoms with Crippen LogP contribution in [0, 0.1) is 5.92 Å². The van der Waals surface area contributed by atoms with E-state index in [1.807, 2.05) is 6.07 Å². The largest absolute Gasteiger partial charge is 0.396 e. The first-order chi connectivity index (χ1) is 7.84. The molecule has 4 nitrogen and oxygen atoms in total. The van der Waals surface area contributed by atoms with Crippen LogP contribution in [0.5, 0.6) is 0 Å². The van der Waals surface area contributed by atoms with Crippen LogP contribution in [0.2, 0.25) is 0 Å². The first-order valence-electron chi connectivity index (χ1n) is 5.92. The van der Waals surface area contributed by atoms with E-state index in [1.165, 1.54) is 12.8 Å². The summed E-state index contributed by atoms with van der Waals surface area (Å²) in [4.78, 5) is 3.99. The Labute approximate surface area is 95.2 Å². The van der Waals surface area contributed by atoms with Crippen molar-refractivity contribution in [1.82, 2.24) is 4.98 Å². The molecule has 0 radical (unpaired) electrons. The summed E-state index contributed by atoms with van der Waals surface area (Å²) in [6.07, 6.45) is 7.53. The van der Waals surface area contributed by atoms with Gasteiger partial charge in [-0.25, -0.2) is 0 Å². The van der Waals surface area contributed by atoms with E-state index in [4.69, 9.17) is 10.5 Å². The Morgan fingerprint density at radius 3 is 3.00 bits per heavy atom. The molecule has 2 fully saturated rings. The summed E-state index contributed by atoms with van der Waals surface area (Å²) in [7, 11) is 0. The van der Waals surface area contributed by atoms with Crippen LogP contribution < -0.4 is 11.1 Å². The number of rotatable bonds is 3. The summed E-state index contributed by atoms with van der Waals surface area (Å²) >= 11 is 0. The van der Waals surface area contributed by atoms with Gasteiger partial charge in [-0.3, -0.25) is 4.98 Å². The number of hydrogen-bond acceptors (Lipinski definition) is 4. The molecule has 4 heteroatoms. The average Bonchev–Trinajstić information content (AvgIpc) is 3.03. The van der Waals surface area contributed by atoms with Crippen LogP contribution in [0.15, 0.2) is 18.5 Å². The number of hydrogen-bond donors (Lipinski definition) is 2. The van der Waals surface area contributed by atoms with Crippen molar-refractivity contribution in [2.45, 2.75) is 31.4 Å². The number of pyridine rings is 1. The van der Waals surface area contributed by atoms with Gasteiger partial charge in [-0.2, -0.15) is 0 Å². The molecule has 1 aliphatic carbocycles. The standard InChI is InChI=1S/C12H17N3O/c13-9-7-14-5-3-10(9)15-11-4-6-16-12(11)8-1-2-8/h3,5,7-8,11-12H,1-2,4,6,13H2,(H,14,15). The highest BCUT2D eigenvalue weighted by Gasteiger charge is 2.40. The monoisotopic (exact) mass is 219 g/mol. The van der Waals surface area contributed by atoms with Crippen molar-refractivity contribution in [3.63, 3.8) is 0 Å². The second-order valence-corrected chi connectivity index (χ2v) is 4.68. The van der Waals surface area contributed by atoms with Gasteiger partial charge in [0.05, 0.1) is 29.7 Å². The number of anilines is 2. The maximum Gasteiger partial charge on any atom is 0.0804 e. The molecule has 3 N–H and O–H groups in total. The molecule has 1 saturated carbocycles. The molecule has 1 aromatic rings. The summed E-state index contributed by atoms with van der Waals surface area (Å²) in [5.74, 6) is 0.767. The first-order valence-corrected chi connectivity index (χ1v) is 5.92. The third-order valence-electron chi connectivity index (χ3n) is 3.42. The molecule has 3 rings (SSSR count). The summed E-state index contributed by atoms with van der Waals surface area (Å²) < 4.78 is 5.78. The topological polar surface area (TPSA) is 60.2 Å². The highest BCUT2D eigenvalue weighted by atomic mass is 16.5. The molecule has 0 aromatic carbocycles. The van der Waals surface area contributed by atoms with Gasteiger partial charge < -0.3 is 15.8 Å². The molecular weight excluding hydrogens is 202 g/mol. The fourth-order valence-electron chi connectivity index (χ4n) is 2.39. The normalized spacial score (nSPS) is 29.2. The maximum atomic E-state index is 5.87. The van der Waals surface area contributed by atoms with Crippen molar-refractivity contribution >= 4 is 11.4 Å². The summed E-state index contributed by atoms with van der Waals surface area (Å²) in [6, 6.07) is 2.34. The van der Waals surface area contributed by atoms with E-state index in [0.29, 0.717) is 17.8 Å². The van der Waals surface area contributed by atoms with Gasteiger partial charge in [0.2, 0.25) is 0 Å². The van der Waals surface area contributed by atoms with Gasteiger partial charge in [-0.15, -0.1) is 0 Å². The highest BCUT2D eigenvalue weighted by Crippen LogP contribution is 2.39. The smallest absolute Gasteiger partial charge is 0.0804 e. The second kappa shape index (κ2) is 3.94. The number of aromatic nitrogens is 1. The van der Waals surface area contributed by atoms with Crippen LogP contribution in [0.4, 0.5) is 11.4 Å². The van der Waals surface area contributed by atoms with E-state index in [-0.39, 0.29) is 0 Å². The van der Waals surface area contributed by atoms with Crippen molar-refractivity contribution in [3.05, 3.63) is 18.5 Å². The zero-order valence-corrected chi connectivity index (χ0v) is 9.23. The Morgan fingerprint density at radius 1 is 1.38 bits per heavy atom. The van der Waals surface area contributed by atoms with Crippen LogP contribution >= 0.6 is 0 Å². The van der Waals surface area contributed by atoms with Crippen molar-refractivity contribution in [2.75, 3.05) is 17.7 Å². The Kier molecular flexibility index (Phi) is 2.44. The van der Waals surface area contributed by atoms with Gasteiger partial charge in [0, 0.05) is 12.8 Å². The van der Waals surface area contributed by atoms with Gasteiger partial charge in [0.1, 0.15) is 0 Å². The zero-order valence-electron chi connectivity index (χ0n) is 9.23. The van der Waals surface area contributed by atoms with E-state index >= 15 is 0 Å². The minimum atomic E-state index is 0.382. The highest BCUT2D eigenvalue weighted by molar-refractivity contribution is 5.64. The molecule has 2 unspecified atom stereocenters. The Balaban J connectivity index is 1.71. The van der Waals surface area contributed by atoms with Crippen molar-refractivity contribution < 1.29 is 4.74 Å². The molecule has 0 bridgehead atoms. The van der Waals surface area contributed by atoms with E-state index in [2.05, 4.69) is 10.3 Å². The molecule has 16 heavy (non-hydrogen) atoms. The molecular formula is C12H17N3O. The summed E-state index contributed by atoms with van der Waals surface area (Å²) in [6.45, 7) is 0.865. The van der Waals surface area contributed by atoms with Crippen molar-refractivity contribution in [3.8, 4) is 0 Å². The van der Waals surface area contributed by atoms with E-state index in [1.54, 1.807) is 12.4 Å². The van der Waals surface area contributed by atoms with E-state index in [9.17, 15) is 0 Å². The number of ether oxygens (including phenoxy) is 1. The lowest BCUT2D eigenvalue weighted by Crippen LogP contribution is -2.31. The SMILES string of the molecule is Nc1cnccc1NC1CCOC1C1CC1. The minimum Gasteiger partial charge on any atom is -0.396 e. The van der Waals surface area contributed by atoms with Crippen LogP contribution in [0.1, 0.15) is 19.3 Å².